The number of nitrogens with zero attached hydrogens (tertiary/aromatic N) is 3. The molecular weight excluding hydrogens is 411 g/mol. The van der Waals surface area contributed by atoms with E-state index in [0.717, 1.165) is 10.0 Å². The Balaban J connectivity index is 1.95. The lowest BCUT2D eigenvalue weighted by atomic mass is 10.1. The lowest BCUT2D eigenvalue weighted by molar-refractivity contribution is -0.274. The Labute approximate surface area is 148 Å². The maximum absolute atomic E-state index is 12.2. The maximum atomic E-state index is 12.2. The topological polar surface area (TPSA) is 39.9 Å². The Morgan fingerprint density at radius 3 is 2.46 bits per heavy atom. The van der Waals surface area contributed by atoms with Crippen molar-refractivity contribution in [1.29, 1.82) is 0 Å². The average Bonchev–Trinajstić information content (AvgIpc) is 2.96. The third-order valence-electron chi connectivity index (χ3n) is 3.49. The van der Waals surface area contributed by atoms with Crippen molar-refractivity contribution in [3.63, 3.8) is 0 Å². The number of aromatic nitrogens is 3. The van der Waals surface area contributed by atoms with Gasteiger partial charge in [0, 0.05) is 4.47 Å². The predicted octanol–water partition coefficient (Wildman–Crippen LogP) is 5.36. The van der Waals surface area contributed by atoms with Gasteiger partial charge in [-0.2, -0.15) is 0 Å². The third kappa shape index (κ3) is 3.34. The van der Waals surface area contributed by atoms with Gasteiger partial charge in [-0.1, -0.05) is 28.9 Å². The molecule has 0 saturated carbocycles. The van der Waals surface area contributed by atoms with Gasteiger partial charge in [-0.05, 0) is 52.7 Å². The second-order valence-electron chi connectivity index (χ2n) is 5.05. The Kier molecular flexibility index (Phi) is 4.44. The molecule has 1 atom stereocenters. The van der Waals surface area contributed by atoms with E-state index < -0.39 is 6.36 Å². The standard InChI is InChI=1S/C15H10BrClF3N3O/c1-8(9-2-4-10(5-3-9)24-15(18,19)20)23-14-11(16)6-7-12(17)13(14)21-22-23/h2-8H,1H3. The van der Waals surface area contributed by atoms with Crippen molar-refractivity contribution >= 4 is 38.6 Å². The molecule has 0 N–H and O–H groups in total. The highest BCUT2D eigenvalue weighted by Gasteiger charge is 2.31. The minimum atomic E-state index is -4.71. The monoisotopic (exact) mass is 419 g/mol. The summed E-state index contributed by atoms with van der Waals surface area (Å²) in [6, 6.07) is 8.87. The summed E-state index contributed by atoms with van der Waals surface area (Å²) in [5, 5.41) is 8.66. The first-order valence-electron chi connectivity index (χ1n) is 6.81. The van der Waals surface area contributed by atoms with Gasteiger partial charge < -0.3 is 4.74 Å². The average molecular weight is 421 g/mol. The summed E-state index contributed by atoms with van der Waals surface area (Å²) < 4.78 is 43.0. The summed E-state index contributed by atoms with van der Waals surface area (Å²) in [5.74, 6) is -0.272. The zero-order valence-corrected chi connectivity index (χ0v) is 14.5. The van der Waals surface area contributed by atoms with Crippen molar-refractivity contribution in [2.24, 2.45) is 0 Å². The number of hydrogen-bond donors (Lipinski definition) is 0. The molecule has 0 aliphatic heterocycles. The number of rotatable bonds is 3. The van der Waals surface area contributed by atoms with Gasteiger partial charge in [-0.15, -0.1) is 18.3 Å². The highest BCUT2D eigenvalue weighted by atomic mass is 79.9. The predicted molar refractivity (Wildman–Crippen MR) is 87.2 cm³/mol. The first-order valence-corrected chi connectivity index (χ1v) is 7.98. The molecule has 1 unspecified atom stereocenters. The molecule has 0 spiro atoms. The summed E-state index contributed by atoms with van der Waals surface area (Å²) >= 11 is 9.56. The molecule has 3 aromatic rings. The molecule has 3 rings (SSSR count). The van der Waals surface area contributed by atoms with Crippen molar-refractivity contribution in [1.82, 2.24) is 15.0 Å². The summed E-state index contributed by atoms with van der Waals surface area (Å²) in [6.07, 6.45) is -4.71. The largest absolute Gasteiger partial charge is 0.573 e. The molecule has 0 bridgehead atoms. The van der Waals surface area contributed by atoms with Gasteiger partial charge in [-0.25, -0.2) is 4.68 Å². The Bertz CT molecular complexity index is 880. The molecule has 126 valence electrons. The van der Waals surface area contributed by atoms with Crippen molar-refractivity contribution in [3.8, 4) is 5.75 Å². The summed E-state index contributed by atoms with van der Waals surface area (Å²) in [6.45, 7) is 1.86. The Morgan fingerprint density at radius 2 is 1.83 bits per heavy atom. The van der Waals surface area contributed by atoms with E-state index in [2.05, 4.69) is 31.0 Å². The Hall–Kier alpha value is -1.80. The van der Waals surface area contributed by atoms with Gasteiger partial charge in [0.25, 0.3) is 0 Å². The van der Waals surface area contributed by atoms with E-state index in [0.29, 0.717) is 16.1 Å². The molecule has 1 aromatic heterocycles. The fraction of sp³-hybridized carbons (Fsp3) is 0.200. The SMILES string of the molecule is CC(c1ccc(OC(F)(F)F)cc1)n1nnc2c(Cl)ccc(Br)c21. The zero-order chi connectivity index (χ0) is 17.5. The van der Waals surface area contributed by atoms with Crippen LogP contribution < -0.4 is 4.74 Å². The zero-order valence-electron chi connectivity index (χ0n) is 12.2. The van der Waals surface area contributed by atoms with Gasteiger partial charge in [0.2, 0.25) is 0 Å². The number of hydrogen-bond acceptors (Lipinski definition) is 3. The number of halogens is 5. The van der Waals surface area contributed by atoms with Gasteiger partial charge in [0.15, 0.2) is 0 Å². The van der Waals surface area contributed by atoms with E-state index >= 15 is 0 Å². The van der Waals surface area contributed by atoms with Gasteiger partial charge in [-0.3, -0.25) is 0 Å². The van der Waals surface area contributed by atoms with E-state index in [1.54, 1.807) is 28.9 Å². The summed E-state index contributed by atoms with van der Waals surface area (Å²) in [4.78, 5) is 0. The molecule has 1 heterocycles. The molecule has 0 fully saturated rings. The molecule has 0 aliphatic rings. The molecule has 9 heteroatoms. The molecule has 4 nitrogen and oxygen atoms in total. The van der Waals surface area contributed by atoms with E-state index in [4.69, 9.17) is 11.6 Å². The molecule has 0 saturated heterocycles. The van der Waals surface area contributed by atoms with E-state index in [1.165, 1.54) is 12.1 Å². The van der Waals surface area contributed by atoms with Crippen LogP contribution in [-0.4, -0.2) is 21.4 Å². The lowest BCUT2D eigenvalue weighted by Crippen LogP contribution is -2.17. The first-order chi connectivity index (χ1) is 11.3. The van der Waals surface area contributed by atoms with Crippen molar-refractivity contribution in [2.45, 2.75) is 19.3 Å². The van der Waals surface area contributed by atoms with Crippen LogP contribution >= 0.6 is 27.5 Å². The van der Waals surface area contributed by atoms with Crippen LogP contribution in [0.15, 0.2) is 40.9 Å². The van der Waals surface area contributed by atoms with Crippen LogP contribution in [0.4, 0.5) is 13.2 Å². The van der Waals surface area contributed by atoms with E-state index in [9.17, 15) is 13.2 Å². The molecular formula is C15H10BrClF3N3O. The molecule has 0 radical (unpaired) electrons. The highest BCUT2D eigenvalue weighted by molar-refractivity contribution is 9.10. The number of fused-ring (bicyclic) bond motifs is 1. The van der Waals surface area contributed by atoms with Crippen LogP contribution in [0, 0.1) is 0 Å². The molecule has 0 amide bonds. The summed E-state index contributed by atoms with van der Waals surface area (Å²) in [7, 11) is 0. The van der Waals surface area contributed by atoms with E-state index in [-0.39, 0.29) is 11.8 Å². The van der Waals surface area contributed by atoms with Gasteiger partial charge in [0.1, 0.15) is 16.8 Å². The van der Waals surface area contributed by atoms with Gasteiger partial charge >= 0.3 is 6.36 Å². The quantitative estimate of drug-likeness (QED) is 0.573. The normalized spacial score (nSPS) is 13.2. The lowest BCUT2D eigenvalue weighted by Gasteiger charge is -2.15. The molecule has 0 aliphatic carbocycles. The van der Waals surface area contributed by atoms with Gasteiger partial charge in [0.05, 0.1) is 11.1 Å². The minimum Gasteiger partial charge on any atom is -0.406 e. The first kappa shape index (κ1) is 17.0. The number of alkyl halides is 3. The number of benzene rings is 2. The highest BCUT2D eigenvalue weighted by Crippen LogP contribution is 2.32. The Morgan fingerprint density at radius 1 is 1.17 bits per heavy atom. The van der Waals surface area contributed by atoms with Crippen LogP contribution in [0.3, 0.4) is 0 Å². The van der Waals surface area contributed by atoms with E-state index in [1.807, 2.05) is 6.92 Å². The fourth-order valence-electron chi connectivity index (χ4n) is 2.34. The summed E-state index contributed by atoms with van der Waals surface area (Å²) in [5.41, 5.74) is 2.02. The van der Waals surface area contributed by atoms with Crippen LogP contribution in [0.25, 0.3) is 11.0 Å². The molecule has 2 aromatic carbocycles. The van der Waals surface area contributed by atoms with Crippen molar-refractivity contribution in [2.75, 3.05) is 0 Å². The maximum Gasteiger partial charge on any atom is 0.573 e. The van der Waals surface area contributed by atoms with Crippen LogP contribution in [0.5, 0.6) is 5.75 Å². The van der Waals surface area contributed by atoms with Crippen LogP contribution in [-0.2, 0) is 0 Å². The van der Waals surface area contributed by atoms with Crippen LogP contribution in [0.2, 0.25) is 5.02 Å². The third-order valence-corrected chi connectivity index (χ3v) is 4.43. The minimum absolute atomic E-state index is 0.260. The fourth-order valence-corrected chi connectivity index (χ4v) is 3.03. The molecule has 24 heavy (non-hydrogen) atoms. The van der Waals surface area contributed by atoms with Crippen molar-refractivity contribution < 1.29 is 17.9 Å². The smallest absolute Gasteiger partial charge is 0.406 e. The van der Waals surface area contributed by atoms with Crippen LogP contribution in [0.1, 0.15) is 18.5 Å². The second-order valence-corrected chi connectivity index (χ2v) is 6.31. The van der Waals surface area contributed by atoms with Crippen molar-refractivity contribution in [3.05, 3.63) is 51.5 Å². The number of ether oxygens (including phenoxy) is 1. The second kappa shape index (κ2) is 6.25.